The number of hydrogen-bond donors (Lipinski definition) is 1. The summed E-state index contributed by atoms with van der Waals surface area (Å²) in [5.41, 5.74) is 0.852. The maximum atomic E-state index is 12.3. The quantitative estimate of drug-likeness (QED) is 0.927. The van der Waals surface area contributed by atoms with E-state index in [0.29, 0.717) is 6.42 Å². The smallest absolute Gasteiger partial charge is 0.209 e. The number of Topliss-reactive ketones (excluding diaryl/α,β-unsaturated/α-hetero) is 1. The topological polar surface area (TPSA) is 63.2 Å². The van der Waals surface area contributed by atoms with Crippen LogP contribution in [0.2, 0.25) is 0 Å². The van der Waals surface area contributed by atoms with Crippen molar-refractivity contribution in [1.29, 1.82) is 0 Å². The van der Waals surface area contributed by atoms with Gasteiger partial charge in [0.1, 0.15) is 5.78 Å². The Balaban J connectivity index is 2.38. The molecule has 20 heavy (non-hydrogen) atoms. The highest BCUT2D eigenvalue weighted by Gasteiger charge is 2.37. The summed E-state index contributed by atoms with van der Waals surface area (Å²) in [7, 11) is -3.37. The average molecular weight is 295 g/mol. The predicted molar refractivity (Wildman–Crippen MR) is 78.7 cm³/mol. The Bertz CT molecular complexity index is 568. The lowest BCUT2D eigenvalue weighted by Crippen LogP contribution is -2.41. The first-order chi connectivity index (χ1) is 9.38. The summed E-state index contributed by atoms with van der Waals surface area (Å²) in [4.78, 5) is 12.3. The molecule has 1 aliphatic rings. The molecule has 5 heteroatoms. The molecule has 2 rings (SSSR count). The molecule has 0 saturated heterocycles. The largest absolute Gasteiger partial charge is 0.299 e. The second kappa shape index (κ2) is 6.06. The summed E-state index contributed by atoms with van der Waals surface area (Å²) in [5, 5.41) is 0. The molecule has 110 valence electrons. The molecule has 0 heterocycles. The molecule has 1 aliphatic carbocycles. The van der Waals surface area contributed by atoms with Crippen molar-refractivity contribution in [3.63, 3.8) is 0 Å². The predicted octanol–water partition coefficient (Wildman–Crippen LogP) is 2.28. The van der Waals surface area contributed by atoms with E-state index < -0.39 is 16.1 Å². The lowest BCUT2D eigenvalue weighted by Gasteiger charge is -2.34. The van der Waals surface area contributed by atoms with Crippen molar-refractivity contribution in [3.8, 4) is 0 Å². The van der Waals surface area contributed by atoms with Crippen LogP contribution in [0.15, 0.2) is 30.3 Å². The number of carbonyl (C=O) groups is 1. The number of ketones is 1. The molecule has 0 unspecified atom stereocenters. The number of nitrogens with one attached hydrogen (secondary N) is 1. The van der Waals surface area contributed by atoms with Gasteiger partial charge in [0, 0.05) is 12.3 Å². The fourth-order valence-electron chi connectivity index (χ4n) is 3.02. The second-order valence-corrected chi connectivity index (χ2v) is 7.42. The van der Waals surface area contributed by atoms with Crippen molar-refractivity contribution in [2.45, 2.75) is 32.2 Å². The standard InChI is InChI=1S/C15H21NO3S/c1-11-7-6-10-13(17)14(11)15(16-20(2,18)19)12-8-4-3-5-9-12/h3-5,8-9,11,14-16H,6-7,10H2,1-2H3/t11-,14+,15+/m1/s1. The highest BCUT2D eigenvalue weighted by atomic mass is 32.2. The van der Waals surface area contributed by atoms with Crippen molar-refractivity contribution in [2.24, 2.45) is 11.8 Å². The van der Waals surface area contributed by atoms with Gasteiger partial charge in [0.2, 0.25) is 10.0 Å². The van der Waals surface area contributed by atoms with E-state index in [9.17, 15) is 13.2 Å². The summed E-state index contributed by atoms with van der Waals surface area (Å²) >= 11 is 0. The maximum Gasteiger partial charge on any atom is 0.209 e. The Hall–Kier alpha value is -1.20. The Morgan fingerprint density at radius 1 is 1.25 bits per heavy atom. The highest BCUT2D eigenvalue weighted by molar-refractivity contribution is 7.88. The molecule has 1 aromatic carbocycles. The van der Waals surface area contributed by atoms with Gasteiger partial charge in [-0.2, -0.15) is 0 Å². The van der Waals surface area contributed by atoms with Gasteiger partial charge in [-0.25, -0.2) is 13.1 Å². The molecule has 1 saturated carbocycles. The number of benzene rings is 1. The van der Waals surface area contributed by atoms with Crippen LogP contribution in [0.5, 0.6) is 0 Å². The zero-order valence-corrected chi connectivity index (χ0v) is 12.7. The summed E-state index contributed by atoms with van der Waals surface area (Å²) in [5.74, 6) is 0.0744. The van der Waals surface area contributed by atoms with Crippen molar-refractivity contribution >= 4 is 15.8 Å². The van der Waals surface area contributed by atoms with E-state index in [2.05, 4.69) is 4.72 Å². The molecule has 1 N–H and O–H groups in total. The van der Waals surface area contributed by atoms with Crippen LogP contribution >= 0.6 is 0 Å². The molecule has 4 nitrogen and oxygen atoms in total. The van der Waals surface area contributed by atoms with E-state index in [1.54, 1.807) is 0 Å². The van der Waals surface area contributed by atoms with Gasteiger partial charge in [0.15, 0.2) is 0 Å². The summed E-state index contributed by atoms with van der Waals surface area (Å²) < 4.78 is 26.0. The molecule has 3 atom stereocenters. The van der Waals surface area contributed by atoms with Crippen LogP contribution in [0.1, 0.15) is 37.8 Å². The van der Waals surface area contributed by atoms with Gasteiger partial charge in [-0.05, 0) is 24.3 Å². The molecule has 0 aromatic heterocycles. The lowest BCUT2D eigenvalue weighted by atomic mass is 9.74. The van der Waals surface area contributed by atoms with Gasteiger partial charge in [-0.1, -0.05) is 37.3 Å². The minimum atomic E-state index is -3.37. The summed E-state index contributed by atoms with van der Waals surface area (Å²) in [6.07, 6.45) is 3.55. The Kier molecular flexibility index (Phi) is 4.60. The molecule has 1 fully saturated rings. The van der Waals surface area contributed by atoms with Crippen LogP contribution in [-0.4, -0.2) is 20.5 Å². The molecule has 0 bridgehead atoms. The zero-order valence-electron chi connectivity index (χ0n) is 11.9. The minimum Gasteiger partial charge on any atom is -0.299 e. The Morgan fingerprint density at radius 3 is 2.45 bits per heavy atom. The first kappa shape index (κ1) is 15.2. The van der Waals surface area contributed by atoms with Crippen LogP contribution in [0.3, 0.4) is 0 Å². The normalized spacial score (nSPS) is 25.4. The molecular weight excluding hydrogens is 274 g/mol. The third-order valence-corrected chi connectivity index (χ3v) is 4.61. The van der Waals surface area contributed by atoms with Crippen LogP contribution in [0.4, 0.5) is 0 Å². The van der Waals surface area contributed by atoms with Crippen molar-refractivity contribution in [2.75, 3.05) is 6.26 Å². The van der Waals surface area contributed by atoms with Crippen LogP contribution < -0.4 is 4.72 Å². The average Bonchev–Trinajstić information content (AvgIpc) is 2.37. The number of sulfonamides is 1. The first-order valence-electron chi connectivity index (χ1n) is 6.93. The lowest BCUT2D eigenvalue weighted by molar-refractivity contribution is -0.127. The van der Waals surface area contributed by atoms with Crippen molar-refractivity contribution < 1.29 is 13.2 Å². The van der Waals surface area contributed by atoms with E-state index in [0.717, 1.165) is 24.7 Å². The molecule has 1 aromatic rings. The molecule has 0 radical (unpaired) electrons. The van der Waals surface area contributed by atoms with Crippen LogP contribution in [0.25, 0.3) is 0 Å². The third kappa shape index (κ3) is 3.67. The van der Waals surface area contributed by atoms with Crippen LogP contribution in [-0.2, 0) is 14.8 Å². The number of rotatable bonds is 4. The SMILES string of the molecule is C[C@@H]1CCCC(=O)[C@H]1[C@@H](NS(C)(=O)=O)c1ccccc1. The van der Waals surface area contributed by atoms with Crippen LogP contribution in [0, 0.1) is 11.8 Å². The first-order valence-corrected chi connectivity index (χ1v) is 8.82. The van der Waals surface area contributed by atoms with E-state index in [1.807, 2.05) is 37.3 Å². The maximum absolute atomic E-state index is 12.3. The second-order valence-electron chi connectivity index (χ2n) is 5.64. The zero-order chi connectivity index (χ0) is 14.8. The van der Waals surface area contributed by atoms with Crippen molar-refractivity contribution in [1.82, 2.24) is 4.72 Å². The summed E-state index contributed by atoms with van der Waals surface area (Å²) in [6, 6.07) is 8.89. The fraction of sp³-hybridized carbons (Fsp3) is 0.533. The van der Waals surface area contributed by atoms with Gasteiger partial charge in [0.25, 0.3) is 0 Å². The molecule has 0 amide bonds. The van der Waals surface area contributed by atoms with Gasteiger partial charge >= 0.3 is 0 Å². The Labute approximate surface area is 120 Å². The molecule has 0 aliphatic heterocycles. The number of carbonyl (C=O) groups excluding carboxylic acids is 1. The van der Waals surface area contributed by atoms with E-state index in [1.165, 1.54) is 0 Å². The number of hydrogen-bond acceptors (Lipinski definition) is 3. The van der Waals surface area contributed by atoms with Crippen molar-refractivity contribution in [3.05, 3.63) is 35.9 Å². The van der Waals surface area contributed by atoms with E-state index in [4.69, 9.17) is 0 Å². The monoisotopic (exact) mass is 295 g/mol. The minimum absolute atomic E-state index is 0.161. The van der Waals surface area contributed by atoms with E-state index >= 15 is 0 Å². The van der Waals surface area contributed by atoms with Gasteiger partial charge < -0.3 is 0 Å². The fourth-order valence-corrected chi connectivity index (χ4v) is 3.76. The highest BCUT2D eigenvalue weighted by Crippen LogP contribution is 2.36. The van der Waals surface area contributed by atoms with Gasteiger partial charge in [0.05, 0.1) is 12.3 Å². The van der Waals surface area contributed by atoms with Gasteiger partial charge in [-0.15, -0.1) is 0 Å². The third-order valence-electron chi connectivity index (χ3n) is 3.93. The van der Waals surface area contributed by atoms with E-state index in [-0.39, 0.29) is 17.6 Å². The molecule has 0 spiro atoms. The summed E-state index contributed by atoms with van der Waals surface area (Å²) in [6.45, 7) is 2.03. The van der Waals surface area contributed by atoms with Gasteiger partial charge in [-0.3, -0.25) is 4.79 Å². The molecular formula is C15H21NO3S. The Morgan fingerprint density at radius 2 is 1.90 bits per heavy atom.